The number of carbonyl (C=O) groups excluding carboxylic acids is 1. The molecule has 0 aliphatic rings. The zero-order chi connectivity index (χ0) is 15.6. The molecule has 0 unspecified atom stereocenters. The first-order chi connectivity index (χ1) is 9.95. The van der Waals surface area contributed by atoms with Crippen molar-refractivity contribution in [2.24, 2.45) is 0 Å². The first kappa shape index (κ1) is 15.2. The van der Waals surface area contributed by atoms with Gasteiger partial charge in [0.25, 0.3) is 0 Å². The van der Waals surface area contributed by atoms with Crippen molar-refractivity contribution in [3.63, 3.8) is 0 Å². The lowest BCUT2D eigenvalue weighted by atomic mass is 10.2. The van der Waals surface area contributed by atoms with Crippen molar-refractivity contribution < 1.29 is 14.7 Å². The second-order valence-electron chi connectivity index (χ2n) is 4.53. The number of rotatable bonds is 5. The van der Waals surface area contributed by atoms with E-state index >= 15 is 0 Å². The van der Waals surface area contributed by atoms with Crippen molar-refractivity contribution >= 4 is 39.2 Å². The predicted octanol–water partition coefficient (Wildman–Crippen LogP) is 1.59. The fraction of sp³-hybridized carbons (Fsp3) is 0.385. The summed E-state index contributed by atoms with van der Waals surface area (Å²) in [5.41, 5.74) is 0.613. The first-order valence-corrected chi connectivity index (χ1v) is 7.22. The molecule has 2 aromatic rings. The van der Waals surface area contributed by atoms with Crippen LogP contribution in [0.4, 0.5) is 5.82 Å². The molecular weight excluding hydrogens is 292 g/mol. The van der Waals surface area contributed by atoms with Gasteiger partial charge in [0, 0.05) is 13.6 Å². The Morgan fingerprint density at radius 2 is 2.14 bits per heavy atom. The maximum Gasteiger partial charge on any atom is 0.346 e. The highest BCUT2D eigenvalue weighted by molar-refractivity contribution is 7.20. The van der Waals surface area contributed by atoms with Crippen LogP contribution in [0.2, 0.25) is 0 Å². The van der Waals surface area contributed by atoms with E-state index in [2.05, 4.69) is 15.3 Å². The van der Waals surface area contributed by atoms with Crippen LogP contribution in [-0.4, -0.2) is 52.0 Å². The second-order valence-corrected chi connectivity index (χ2v) is 5.52. The number of aromatic nitrogens is 2. The summed E-state index contributed by atoms with van der Waals surface area (Å²) in [6, 6.07) is 0. The van der Waals surface area contributed by atoms with E-state index < -0.39 is 5.97 Å². The summed E-state index contributed by atoms with van der Waals surface area (Å²) in [5, 5.41) is 12.8. The molecule has 0 saturated heterocycles. The van der Waals surface area contributed by atoms with Crippen LogP contribution >= 0.6 is 11.3 Å². The molecule has 0 aliphatic carbocycles. The number of nitrogens with one attached hydrogen (secondary N) is 1. The molecular formula is C13H16N4O3S. The van der Waals surface area contributed by atoms with E-state index in [0.717, 1.165) is 11.3 Å². The molecule has 8 heteroatoms. The Hall–Kier alpha value is -2.22. The van der Waals surface area contributed by atoms with Gasteiger partial charge in [0.1, 0.15) is 21.9 Å². The van der Waals surface area contributed by atoms with Gasteiger partial charge in [0.15, 0.2) is 0 Å². The Balaban J connectivity index is 2.32. The molecule has 0 fully saturated rings. The maximum atomic E-state index is 11.8. The van der Waals surface area contributed by atoms with Gasteiger partial charge in [-0.05, 0) is 19.4 Å². The van der Waals surface area contributed by atoms with Gasteiger partial charge in [-0.3, -0.25) is 4.79 Å². The third-order valence-corrected chi connectivity index (χ3v) is 4.42. The molecule has 2 N–H and O–H groups in total. The van der Waals surface area contributed by atoms with E-state index in [9.17, 15) is 9.59 Å². The molecule has 7 nitrogen and oxygen atoms in total. The van der Waals surface area contributed by atoms with Crippen LogP contribution in [0.25, 0.3) is 10.2 Å². The zero-order valence-electron chi connectivity index (χ0n) is 12.0. The van der Waals surface area contributed by atoms with E-state index in [-0.39, 0.29) is 17.3 Å². The fourth-order valence-electron chi connectivity index (χ4n) is 1.88. The SMILES string of the molecule is CCN(C)C(=O)CNc1ncnc2sc(C(=O)O)c(C)c12. The lowest BCUT2D eigenvalue weighted by molar-refractivity contribution is -0.127. The van der Waals surface area contributed by atoms with Gasteiger partial charge in [-0.2, -0.15) is 0 Å². The normalized spacial score (nSPS) is 10.6. The molecule has 0 aliphatic heterocycles. The number of aryl methyl sites for hydroxylation is 1. The standard InChI is InChI=1S/C13H16N4O3S/c1-4-17(3)8(18)5-14-11-9-7(2)10(13(19)20)21-12(9)16-6-15-11/h6H,4-5H2,1-3H3,(H,19,20)(H,14,15,16). The van der Waals surface area contributed by atoms with Crippen molar-refractivity contribution in [3.8, 4) is 0 Å². The third kappa shape index (κ3) is 2.94. The number of thiophene rings is 1. The van der Waals surface area contributed by atoms with E-state index in [1.807, 2.05) is 6.92 Å². The topological polar surface area (TPSA) is 95.4 Å². The van der Waals surface area contributed by atoms with Crippen LogP contribution in [0.1, 0.15) is 22.2 Å². The molecule has 0 bridgehead atoms. The second kappa shape index (κ2) is 6.04. The molecule has 2 heterocycles. The van der Waals surface area contributed by atoms with Crippen LogP contribution in [-0.2, 0) is 4.79 Å². The average molecular weight is 308 g/mol. The Morgan fingerprint density at radius 1 is 1.43 bits per heavy atom. The monoisotopic (exact) mass is 308 g/mol. The molecule has 0 aromatic carbocycles. The predicted molar refractivity (Wildman–Crippen MR) is 80.9 cm³/mol. The van der Waals surface area contributed by atoms with Gasteiger partial charge >= 0.3 is 5.97 Å². The van der Waals surface area contributed by atoms with Gasteiger partial charge < -0.3 is 15.3 Å². The minimum absolute atomic E-state index is 0.0596. The summed E-state index contributed by atoms with van der Waals surface area (Å²) in [5.74, 6) is -0.557. The number of hydrogen-bond acceptors (Lipinski definition) is 6. The smallest absolute Gasteiger partial charge is 0.346 e. The number of carboxylic acids is 1. The Kier molecular flexibility index (Phi) is 4.37. The zero-order valence-corrected chi connectivity index (χ0v) is 12.8. The number of carbonyl (C=O) groups is 2. The number of hydrogen-bond donors (Lipinski definition) is 2. The first-order valence-electron chi connectivity index (χ1n) is 6.40. The van der Waals surface area contributed by atoms with Crippen LogP contribution in [0.3, 0.4) is 0 Å². The fourth-order valence-corrected chi connectivity index (χ4v) is 2.87. The van der Waals surface area contributed by atoms with Gasteiger partial charge in [-0.15, -0.1) is 11.3 Å². The van der Waals surface area contributed by atoms with Crippen LogP contribution in [0, 0.1) is 6.92 Å². The van der Waals surface area contributed by atoms with Crippen LogP contribution in [0.15, 0.2) is 6.33 Å². The summed E-state index contributed by atoms with van der Waals surface area (Å²) in [7, 11) is 1.72. The highest BCUT2D eigenvalue weighted by atomic mass is 32.1. The van der Waals surface area contributed by atoms with E-state index in [1.165, 1.54) is 6.33 Å². The lowest BCUT2D eigenvalue weighted by Gasteiger charge is -2.15. The summed E-state index contributed by atoms with van der Waals surface area (Å²) >= 11 is 1.11. The van der Waals surface area contributed by atoms with Gasteiger partial charge in [-0.25, -0.2) is 14.8 Å². The summed E-state index contributed by atoms with van der Waals surface area (Å²) in [6.07, 6.45) is 1.36. The van der Waals surface area contributed by atoms with E-state index in [4.69, 9.17) is 5.11 Å². The summed E-state index contributed by atoms with van der Waals surface area (Å²) < 4.78 is 0. The average Bonchev–Trinajstić information content (AvgIpc) is 2.82. The van der Waals surface area contributed by atoms with E-state index in [0.29, 0.717) is 28.1 Å². The van der Waals surface area contributed by atoms with Crippen LogP contribution < -0.4 is 5.32 Å². The Morgan fingerprint density at radius 3 is 2.76 bits per heavy atom. The minimum Gasteiger partial charge on any atom is -0.477 e. The lowest BCUT2D eigenvalue weighted by Crippen LogP contribution is -2.32. The number of fused-ring (bicyclic) bond motifs is 1. The molecule has 0 saturated carbocycles. The molecule has 21 heavy (non-hydrogen) atoms. The number of amides is 1. The molecule has 2 aromatic heterocycles. The Labute approximate surface area is 125 Å². The number of anilines is 1. The van der Waals surface area contributed by atoms with Gasteiger partial charge in [0.05, 0.1) is 11.9 Å². The maximum absolute atomic E-state index is 11.8. The summed E-state index contributed by atoms with van der Waals surface area (Å²) in [4.78, 5) is 33.6. The minimum atomic E-state index is -0.983. The molecule has 0 radical (unpaired) electrons. The molecule has 112 valence electrons. The highest BCUT2D eigenvalue weighted by Crippen LogP contribution is 2.32. The van der Waals surface area contributed by atoms with Crippen molar-refractivity contribution in [2.45, 2.75) is 13.8 Å². The summed E-state index contributed by atoms with van der Waals surface area (Å²) in [6.45, 7) is 4.34. The van der Waals surface area contributed by atoms with Crippen molar-refractivity contribution in [1.29, 1.82) is 0 Å². The number of aromatic carboxylic acids is 1. The molecule has 1 amide bonds. The highest BCUT2D eigenvalue weighted by Gasteiger charge is 2.19. The molecule has 2 rings (SSSR count). The molecule has 0 spiro atoms. The number of carboxylic acid groups (broad SMARTS) is 1. The quantitative estimate of drug-likeness (QED) is 0.871. The number of nitrogens with zero attached hydrogens (tertiary/aromatic N) is 3. The van der Waals surface area contributed by atoms with E-state index in [1.54, 1.807) is 18.9 Å². The van der Waals surface area contributed by atoms with Crippen LogP contribution in [0.5, 0.6) is 0 Å². The van der Waals surface area contributed by atoms with Crippen molar-refractivity contribution in [1.82, 2.24) is 14.9 Å². The largest absolute Gasteiger partial charge is 0.477 e. The van der Waals surface area contributed by atoms with Crippen molar-refractivity contribution in [2.75, 3.05) is 25.5 Å². The van der Waals surface area contributed by atoms with Crippen molar-refractivity contribution in [3.05, 3.63) is 16.8 Å². The number of likely N-dealkylation sites (N-methyl/N-ethyl adjacent to an activating group) is 1. The Bertz CT molecular complexity index is 698. The van der Waals surface area contributed by atoms with Gasteiger partial charge in [-0.1, -0.05) is 0 Å². The third-order valence-electron chi connectivity index (χ3n) is 3.23. The molecule has 0 atom stereocenters. The van der Waals surface area contributed by atoms with Gasteiger partial charge in [0.2, 0.25) is 5.91 Å².